The average molecular weight is 234 g/mol. The normalized spacial score (nSPS) is 21.1. The number of rotatable bonds is 3. The second-order valence-corrected chi connectivity index (χ2v) is 4.40. The van der Waals surface area contributed by atoms with Gasteiger partial charge in [-0.2, -0.15) is 0 Å². The number of carbonyl (C=O) groups excluding carboxylic acids is 1. The lowest BCUT2D eigenvalue weighted by atomic mass is 10.1. The summed E-state index contributed by atoms with van der Waals surface area (Å²) in [6.07, 6.45) is 1.51. The minimum absolute atomic E-state index is 0.0210. The molecule has 2 rings (SSSR count). The van der Waals surface area contributed by atoms with Crippen molar-refractivity contribution in [3.63, 3.8) is 0 Å². The SMILES string of the molecule is CC(NC(=O)[C@H]1CCCO1)c1ccc(N)cc1. The van der Waals surface area contributed by atoms with Crippen LogP contribution in [0.25, 0.3) is 0 Å². The largest absolute Gasteiger partial charge is 0.399 e. The molecule has 1 aliphatic rings. The monoisotopic (exact) mass is 234 g/mol. The molecule has 0 bridgehead atoms. The molecule has 1 unspecified atom stereocenters. The molecule has 0 spiro atoms. The van der Waals surface area contributed by atoms with Gasteiger partial charge in [-0.1, -0.05) is 12.1 Å². The van der Waals surface area contributed by atoms with Crippen molar-refractivity contribution in [2.75, 3.05) is 12.3 Å². The molecule has 1 fully saturated rings. The highest BCUT2D eigenvalue weighted by Crippen LogP contribution is 2.17. The van der Waals surface area contributed by atoms with E-state index in [0.29, 0.717) is 6.61 Å². The maximum absolute atomic E-state index is 11.8. The van der Waals surface area contributed by atoms with E-state index in [2.05, 4.69) is 5.32 Å². The summed E-state index contributed by atoms with van der Waals surface area (Å²) in [5.74, 6) is -0.0215. The van der Waals surface area contributed by atoms with Crippen LogP contribution in [0.3, 0.4) is 0 Å². The van der Waals surface area contributed by atoms with Crippen molar-refractivity contribution in [1.82, 2.24) is 5.32 Å². The smallest absolute Gasteiger partial charge is 0.249 e. The zero-order valence-electron chi connectivity index (χ0n) is 9.98. The standard InChI is InChI=1S/C13H18N2O2/c1-9(10-4-6-11(14)7-5-10)15-13(16)12-3-2-8-17-12/h4-7,9,12H,2-3,8,14H2,1H3,(H,15,16)/t9?,12-/m1/s1. The molecule has 1 saturated heterocycles. The fourth-order valence-corrected chi connectivity index (χ4v) is 1.96. The van der Waals surface area contributed by atoms with Crippen LogP contribution in [0.5, 0.6) is 0 Å². The molecule has 3 N–H and O–H groups in total. The van der Waals surface area contributed by atoms with Crippen LogP contribution in [0, 0.1) is 0 Å². The van der Waals surface area contributed by atoms with Crippen LogP contribution in [0.15, 0.2) is 24.3 Å². The third-order valence-electron chi connectivity index (χ3n) is 3.02. The van der Waals surface area contributed by atoms with E-state index in [1.165, 1.54) is 0 Å². The predicted molar refractivity (Wildman–Crippen MR) is 66.4 cm³/mol. The molecule has 0 aromatic heterocycles. The quantitative estimate of drug-likeness (QED) is 0.781. The fourth-order valence-electron chi connectivity index (χ4n) is 1.96. The molecule has 1 aromatic carbocycles. The van der Waals surface area contributed by atoms with Gasteiger partial charge in [-0.25, -0.2) is 0 Å². The third-order valence-corrected chi connectivity index (χ3v) is 3.02. The summed E-state index contributed by atoms with van der Waals surface area (Å²) in [6, 6.07) is 7.51. The minimum Gasteiger partial charge on any atom is -0.399 e. The molecule has 1 heterocycles. The van der Waals surface area contributed by atoms with Gasteiger partial charge >= 0.3 is 0 Å². The molecular formula is C13H18N2O2. The van der Waals surface area contributed by atoms with Gasteiger partial charge in [0.15, 0.2) is 0 Å². The molecule has 1 aromatic rings. The Kier molecular flexibility index (Phi) is 3.64. The van der Waals surface area contributed by atoms with Crippen LogP contribution in [0.2, 0.25) is 0 Å². The lowest BCUT2D eigenvalue weighted by Gasteiger charge is -2.17. The number of carbonyl (C=O) groups is 1. The van der Waals surface area contributed by atoms with E-state index in [4.69, 9.17) is 10.5 Å². The Morgan fingerprint density at radius 1 is 1.47 bits per heavy atom. The number of nitrogens with two attached hydrogens (primary N) is 1. The molecule has 1 amide bonds. The number of hydrogen-bond donors (Lipinski definition) is 2. The first-order valence-electron chi connectivity index (χ1n) is 5.94. The van der Waals surface area contributed by atoms with E-state index in [1.807, 2.05) is 31.2 Å². The van der Waals surface area contributed by atoms with Crippen LogP contribution in [0.1, 0.15) is 31.4 Å². The van der Waals surface area contributed by atoms with E-state index in [9.17, 15) is 4.79 Å². The van der Waals surface area contributed by atoms with E-state index >= 15 is 0 Å². The number of amides is 1. The van der Waals surface area contributed by atoms with Crippen molar-refractivity contribution >= 4 is 11.6 Å². The van der Waals surface area contributed by atoms with Gasteiger partial charge in [0.25, 0.3) is 0 Å². The summed E-state index contributed by atoms with van der Waals surface area (Å²) < 4.78 is 5.34. The minimum atomic E-state index is -0.272. The Balaban J connectivity index is 1.93. The molecule has 4 heteroatoms. The number of ether oxygens (including phenoxy) is 1. The van der Waals surface area contributed by atoms with Gasteiger partial charge in [-0.3, -0.25) is 4.79 Å². The lowest BCUT2D eigenvalue weighted by Crippen LogP contribution is -2.35. The number of anilines is 1. The number of hydrogen-bond acceptors (Lipinski definition) is 3. The summed E-state index contributed by atoms with van der Waals surface area (Å²) in [6.45, 7) is 2.65. The van der Waals surface area contributed by atoms with Crippen LogP contribution >= 0.6 is 0 Å². The molecule has 2 atom stereocenters. The molecule has 17 heavy (non-hydrogen) atoms. The average Bonchev–Trinajstić information content (AvgIpc) is 2.83. The van der Waals surface area contributed by atoms with E-state index in [0.717, 1.165) is 24.1 Å². The third kappa shape index (κ3) is 2.97. The predicted octanol–water partition coefficient (Wildman–Crippen LogP) is 1.62. The van der Waals surface area contributed by atoms with Gasteiger partial charge in [-0.15, -0.1) is 0 Å². The van der Waals surface area contributed by atoms with Crippen LogP contribution < -0.4 is 11.1 Å². The Hall–Kier alpha value is -1.55. The van der Waals surface area contributed by atoms with Crippen molar-refractivity contribution in [2.45, 2.75) is 31.9 Å². The summed E-state index contributed by atoms with van der Waals surface area (Å²) in [5.41, 5.74) is 7.40. The van der Waals surface area contributed by atoms with Crippen molar-refractivity contribution in [1.29, 1.82) is 0 Å². The van der Waals surface area contributed by atoms with Crippen LogP contribution in [0.4, 0.5) is 5.69 Å². The van der Waals surface area contributed by atoms with Crippen molar-refractivity contribution in [2.24, 2.45) is 0 Å². The second-order valence-electron chi connectivity index (χ2n) is 4.40. The maximum atomic E-state index is 11.8. The van der Waals surface area contributed by atoms with Gasteiger partial charge < -0.3 is 15.8 Å². The summed E-state index contributed by atoms with van der Waals surface area (Å²) in [5, 5.41) is 2.95. The zero-order chi connectivity index (χ0) is 12.3. The number of nitrogens with one attached hydrogen (secondary N) is 1. The number of nitrogen functional groups attached to an aromatic ring is 1. The second kappa shape index (κ2) is 5.19. The summed E-state index contributed by atoms with van der Waals surface area (Å²) in [7, 11) is 0. The highest BCUT2D eigenvalue weighted by Gasteiger charge is 2.24. The Labute approximate surface area is 101 Å². The zero-order valence-corrected chi connectivity index (χ0v) is 9.98. The molecule has 0 aliphatic carbocycles. The van der Waals surface area contributed by atoms with Gasteiger partial charge in [0, 0.05) is 12.3 Å². The van der Waals surface area contributed by atoms with E-state index in [1.54, 1.807) is 0 Å². The van der Waals surface area contributed by atoms with Gasteiger partial charge in [0.2, 0.25) is 5.91 Å². The Morgan fingerprint density at radius 3 is 2.76 bits per heavy atom. The van der Waals surface area contributed by atoms with E-state index < -0.39 is 0 Å². The van der Waals surface area contributed by atoms with Crippen molar-refractivity contribution < 1.29 is 9.53 Å². The molecule has 0 saturated carbocycles. The Bertz CT molecular complexity index is 383. The topological polar surface area (TPSA) is 64.3 Å². The first-order chi connectivity index (χ1) is 8.16. The summed E-state index contributed by atoms with van der Waals surface area (Å²) in [4.78, 5) is 11.8. The maximum Gasteiger partial charge on any atom is 0.249 e. The van der Waals surface area contributed by atoms with E-state index in [-0.39, 0.29) is 18.1 Å². The summed E-state index contributed by atoms with van der Waals surface area (Å²) >= 11 is 0. The first-order valence-corrected chi connectivity index (χ1v) is 5.94. The highest BCUT2D eigenvalue weighted by molar-refractivity contribution is 5.81. The Morgan fingerprint density at radius 2 is 2.18 bits per heavy atom. The molecule has 0 radical (unpaired) electrons. The molecular weight excluding hydrogens is 216 g/mol. The van der Waals surface area contributed by atoms with Gasteiger partial charge in [0.1, 0.15) is 6.10 Å². The first kappa shape index (κ1) is 11.9. The molecule has 4 nitrogen and oxygen atoms in total. The highest BCUT2D eigenvalue weighted by atomic mass is 16.5. The van der Waals surface area contributed by atoms with Crippen molar-refractivity contribution in [3.05, 3.63) is 29.8 Å². The van der Waals surface area contributed by atoms with Gasteiger partial charge in [0.05, 0.1) is 6.04 Å². The lowest BCUT2D eigenvalue weighted by molar-refractivity contribution is -0.130. The van der Waals surface area contributed by atoms with Crippen molar-refractivity contribution in [3.8, 4) is 0 Å². The molecule has 1 aliphatic heterocycles. The molecule has 92 valence electrons. The van der Waals surface area contributed by atoms with Gasteiger partial charge in [-0.05, 0) is 37.5 Å². The number of benzene rings is 1. The van der Waals surface area contributed by atoms with Crippen LogP contribution in [-0.4, -0.2) is 18.6 Å². The fraction of sp³-hybridized carbons (Fsp3) is 0.462. The van der Waals surface area contributed by atoms with Crippen LogP contribution in [-0.2, 0) is 9.53 Å².